The Balaban J connectivity index is 1.63. The molecule has 0 radical (unpaired) electrons. The number of benzene rings is 3. The van der Waals surface area contributed by atoms with Gasteiger partial charge in [-0.15, -0.1) is 13.2 Å². The summed E-state index contributed by atoms with van der Waals surface area (Å²) in [7, 11) is 0. The van der Waals surface area contributed by atoms with Gasteiger partial charge in [0.05, 0.1) is 28.4 Å². The van der Waals surface area contributed by atoms with Gasteiger partial charge >= 0.3 is 6.36 Å². The molecule has 1 aliphatic heterocycles. The van der Waals surface area contributed by atoms with Crippen molar-refractivity contribution < 1.29 is 26.7 Å². The van der Waals surface area contributed by atoms with Gasteiger partial charge < -0.3 is 9.64 Å². The van der Waals surface area contributed by atoms with Crippen molar-refractivity contribution in [2.45, 2.75) is 18.9 Å². The van der Waals surface area contributed by atoms with E-state index in [0.717, 1.165) is 17.7 Å². The second-order valence-electron chi connectivity index (χ2n) is 8.09. The van der Waals surface area contributed by atoms with E-state index >= 15 is 0 Å². The van der Waals surface area contributed by atoms with E-state index in [-0.39, 0.29) is 11.8 Å². The number of hydrogen-bond donors (Lipinski definition) is 0. The fourth-order valence-electron chi connectivity index (χ4n) is 4.15. The zero-order valence-corrected chi connectivity index (χ0v) is 19.0. The zero-order chi connectivity index (χ0) is 25.2. The summed E-state index contributed by atoms with van der Waals surface area (Å²) in [4.78, 5) is 4.07. The van der Waals surface area contributed by atoms with Crippen molar-refractivity contribution in [2.75, 3.05) is 24.5 Å². The summed E-state index contributed by atoms with van der Waals surface area (Å²) in [5.41, 5.74) is 2.40. The van der Waals surface area contributed by atoms with E-state index in [2.05, 4.69) is 4.74 Å². The van der Waals surface area contributed by atoms with E-state index in [4.69, 9.17) is 16.9 Å². The number of rotatable bonds is 5. The van der Waals surface area contributed by atoms with Gasteiger partial charge in [-0.3, -0.25) is 4.90 Å². The van der Waals surface area contributed by atoms with E-state index in [1.165, 1.54) is 18.2 Å². The fourth-order valence-corrected chi connectivity index (χ4v) is 4.44. The highest BCUT2D eigenvalue weighted by Gasteiger charge is 2.32. The van der Waals surface area contributed by atoms with Gasteiger partial charge in [0.15, 0.2) is 11.6 Å². The van der Waals surface area contributed by atoms with Crippen LogP contribution in [0.15, 0.2) is 60.7 Å². The van der Waals surface area contributed by atoms with E-state index in [1.807, 2.05) is 15.9 Å². The summed E-state index contributed by atoms with van der Waals surface area (Å²) in [6.07, 6.45) is -4.80. The van der Waals surface area contributed by atoms with Gasteiger partial charge in [0.25, 0.3) is 0 Å². The summed E-state index contributed by atoms with van der Waals surface area (Å²) in [5.74, 6) is -2.19. The Hall–Kier alpha value is -3.35. The highest BCUT2D eigenvalue weighted by atomic mass is 35.5. The third-order valence-electron chi connectivity index (χ3n) is 5.74. The van der Waals surface area contributed by atoms with Crippen LogP contribution in [-0.4, -0.2) is 30.9 Å². The van der Waals surface area contributed by atoms with Crippen molar-refractivity contribution >= 4 is 17.3 Å². The maximum Gasteiger partial charge on any atom is 0.573 e. The van der Waals surface area contributed by atoms with Crippen molar-refractivity contribution in [2.24, 2.45) is 0 Å². The summed E-state index contributed by atoms with van der Waals surface area (Å²) >= 11 is 6.46. The SMILES string of the molecule is N#Cc1ccc(N2CCN(Cc3ccc(F)c(F)c3)CC2c2ccc(OC(F)(F)F)cc2)c(Cl)c1. The molecule has 1 aliphatic rings. The molecule has 10 heteroatoms. The fraction of sp³-hybridized carbons (Fsp3) is 0.240. The quantitative estimate of drug-likeness (QED) is 0.372. The normalized spacial score (nSPS) is 16.7. The minimum Gasteiger partial charge on any atom is -0.406 e. The maximum atomic E-state index is 13.7. The van der Waals surface area contributed by atoms with Crippen LogP contribution in [0.1, 0.15) is 22.7 Å². The molecule has 0 bridgehead atoms. The van der Waals surface area contributed by atoms with Gasteiger partial charge in [-0.05, 0) is 53.6 Å². The van der Waals surface area contributed by atoms with Gasteiger partial charge in [0, 0.05) is 26.2 Å². The largest absolute Gasteiger partial charge is 0.573 e. The van der Waals surface area contributed by atoms with Crippen molar-refractivity contribution in [1.82, 2.24) is 4.90 Å². The molecule has 182 valence electrons. The maximum absolute atomic E-state index is 13.7. The highest BCUT2D eigenvalue weighted by molar-refractivity contribution is 6.33. The third kappa shape index (κ3) is 6.02. The smallest absolute Gasteiger partial charge is 0.406 e. The number of halogens is 6. The number of alkyl halides is 3. The molecule has 1 atom stereocenters. The van der Waals surface area contributed by atoms with Crippen molar-refractivity contribution in [3.05, 3.63) is 94.0 Å². The monoisotopic (exact) mass is 507 g/mol. The van der Waals surface area contributed by atoms with E-state index in [1.54, 1.807) is 30.3 Å². The number of ether oxygens (including phenoxy) is 1. The van der Waals surface area contributed by atoms with Gasteiger partial charge in [-0.1, -0.05) is 29.8 Å². The average Bonchev–Trinajstić information content (AvgIpc) is 2.81. The zero-order valence-electron chi connectivity index (χ0n) is 18.2. The molecule has 1 unspecified atom stereocenters. The molecule has 3 aromatic rings. The average molecular weight is 508 g/mol. The molecule has 35 heavy (non-hydrogen) atoms. The Bertz CT molecular complexity index is 1240. The molecule has 1 saturated heterocycles. The van der Waals surface area contributed by atoms with Crippen LogP contribution in [0.2, 0.25) is 5.02 Å². The summed E-state index contributed by atoms with van der Waals surface area (Å²) in [5, 5.41) is 9.52. The number of nitrogens with zero attached hydrogens (tertiary/aromatic N) is 3. The van der Waals surface area contributed by atoms with Crippen LogP contribution in [0.5, 0.6) is 5.75 Å². The van der Waals surface area contributed by atoms with Crippen LogP contribution in [-0.2, 0) is 6.54 Å². The van der Waals surface area contributed by atoms with Crippen LogP contribution in [0, 0.1) is 23.0 Å². The molecule has 4 nitrogen and oxygen atoms in total. The Morgan fingerprint density at radius 1 is 0.971 bits per heavy atom. The van der Waals surface area contributed by atoms with Crippen LogP contribution in [0.25, 0.3) is 0 Å². The number of nitriles is 1. The molecule has 0 N–H and O–H groups in total. The molecule has 0 aromatic heterocycles. The van der Waals surface area contributed by atoms with E-state index in [9.17, 15) is 22.0 Å². The minimum absolute atomic E-state index is 0.320. The van der Waals surface area contributed by atoms with Gasteiger partial charge in [0.1, 0.15) is 5.75 Å². The predicted molar refractivity (Wildman–Crippen MR) is 121 cm³/mol. The Labute approximate surface area is 203 Å². The number of hydrogen-bond acceptors (Lipinski definition) is 4. The Kier molecular flexibility index (Phi) is 7.15. The Morgan fingerprint density at radius 2 is 1.71 bits per heavy atom. The summed E-state index contributed by atoms with van der Waals surface area (Å²) in [6.45, 7) is 1.87. The number of piperazine rings is 1. The van der Waals surface area contributed by atoms with Gasteiger partial charge in [0.2, 0.25) is 0 Å². The van der Waals surface area contributed by atoms with Crippen LogP contribution in [0.4, 0.5) is 27.6 Å². The lowest BCUT2D eigenvalue weighted by Gasteiger charge is -2.43. The van der Waals surface area contributed by atoms with Gasteiger partial charge in [-0.25, -0.2) is 8.78 Å². The van der Waals surface area contributed by atoms with Crippen LogP contribution in [0.3, 0.4) is 0 Å². The molecule has 0 saturated carbocycles. The first-order chi connectivity index (χ1) is 16.6. The van der Waals surface area contributed by atoms with E-state index < -0.39 is 18.0 Å². The third-order valence-corrected chi connectivity index (χ3v) is 6.04. The molecular formula is C25H19ClF5N3O. The van der Waals surface area contributed by atoms with Crippen molar-refractivity contribution in [3.8, 4) is 11.8 Å². The predicted octanol–water partition coefficient (Wildman–Crippen LogP) is 6.45. The standard InChI is InChI=1S/C25H19ClF5N3O/c26-20-11-16(13-32)2-8-23(20)34-10-9-33(14-17-1-7-21(27)22(28)12-17)15-24(34)18-3-5-19(6-4-18)35-25(29,30)31/h1-8,11-12,24H,9-10,14-15H2. The van der Waals surface area contributed by atoms with E-state index in [0.29, 0.717) is 48.0 Å². The topological polar surface area (TPSA) is 39.5 Å². The Morgan fingerprint density at radius 3 is 2.34 bits per heavy atom. The molecule has 0 spiro atoms. The minimum atomic E-state index is -4.80. The van der Waals surface area contributed by atoms with Crippen molar-refractivity contribution in [3.63, 3.8) is 0 Å². The van der Waals surface area contributed by atoms with Crippen molar-refractivity contribution in [1.29, 1.82) is 5.26 Å². The molecular weight excluding hydrogens is 489 g/mol. The molecule has 3 aromatic carbocycles. The molecule has 0 aliphatic carbocycles. The molecule has 1 heterocycles. The first kappa shape index (κ1) is 24.8. The molecule has 1 fully saturated rings. The van der Waals surface area contributed by atoms with Crippen LogP contribution < -0.4 is 9.64 Å². The summed E-state index contributed by atoms with van der Waals surface area (Å²) < 4.78 is 68.7. The summed E-state index contributed by atoms with van der Waals surface area (Å²) in [6, 6.07) is 16.0. The van der Waals surface area contributed by atoms with Crippen LogP contribution >= 0.6 is 11.6 Å². The second-order valence-corrected chi connectivity index (χ2v) is 8.49. The first-order valence-corrected chi connectivity index (χ1v) is 11.0. The first-order valence-electron chi connectivity index (χ1n) is 10.6. The lowest BCUT2D eigenvalue weighted by Crippen LogP contribution is -2.48. The lowest BCUT2D eigenvalue weighted by molar-refractivity contribution is -0.274. The molecule has 0 amide bonds. The van der Waals surface area contributed by atoms with Gasteiger partial charge in [-0.2, -0.15) is 5.26 Å². The number of anilines is 1. The highest BCUT2D eigenvalue weighted by Crippen LogP contribution is 2.37. The second kappa shape index (κ2) is 10.1. The molecule has 4 rings (SSSR count). The lowest BCUT2D eigenvalue weighted by atomic mass is 10.00.